The molecule has 118 valence electrons. The molecule has 0 amide bonds. The number of furan rings is 1. The van der Waals surface area contributed by atoms with E-state index >= 15 is 0 Å². The summed E-state index contributed by atoms with van der Waals surface area (Å²) < 4.78 is 5.13. The van der Waals surface area contributed by atoms with Gasteiger partial charge in [0.1, 0.15) is 0 Å². The van der Waals surface area contributed by atoms with Crippen LogP contribution in [-0.4, -0.2) is 22.2 Å². The Morgan fingerprint density at radius 1 is 0.810 bits per heavy atom. The first kappa shape index (κ1) is 17.3. The van der Waals surface area contributed by atoms with Crippen LogP contribution < -0.4 is 0 Å². The third kappa shape index (κ3) is 4.62. The SMILES string of the molecule is CCCCCc1c(C(=O)O)oc(C(=O)O)c1CCCCC. The molecule has 0 radical (unpaired) electrons. The van der Waals surface area contributed by atoms with Gasteiger partial charge in [0, 0.05) is 11.1 Å². The number of carboxylic acid groups (broad SMARTS) is 2. The van der Waals surface area contributed by atoms with Gasteiger partial charge in [-0.15, -0.1) is 0 Å². The molecule has 1 heterocycles. The summed E-state index contributed by atoms with van der Waals surface area (Å²) in [5.41, 5.74) is 1.15. The third-order valence-electron chi connectivity index (χ3n) is 3.57. The fourth-order valence-electron chi connectivity index (χ4n) is 2.48. The molecule has 0 aliphatic carbocycles. The second kappa shape index (κ2) is 8.49. The van der Waals surface area contributed by atoms with Crippen molar-refractivity contribution in [2.24, 2.45) is 0 Å². The second-order valence-corrected chi connectivity index (χ2v) is 5.24. The number of aromatic carboxylic acids is 2. The molecule has 0 saturated heterocycles. The van der Waals surface area contributed by atoms with Crippen LogP contribution in [0.15, 0.2) is 4.42 Å². The predicted molar refractivity (Wildman–Crippen MR) is 79.1 cm³/mol. The maximum atomic E-state index is 11.3. The molecule has 0 atom stereocenters. The van der Waals surface area contributed by atoms with Gasteiger partial charge in [0.15, 0.2) is 0 Å². The number of rotatable bonds is 10. The fourth-order valence-corrected chi connectivity index (χ4v) is 2.48. The molecule has 0 bridgehead atoms. The van der Waals surface area contributed by atoms with Crippen LogP contribution in [-0.2, 0) is 12.8 Å². The average Bonchev–Trinajstić information content (AvgIpc) is 2.79. The summed E-state index contributed by atoms with van der Waals surface area (Å²) in [6.07, 6.45) is 6.84. The van der Waals surface area contributed by atoms with Crippen molar-refractivity contribution in [1.82, 2.24) is 0 Å². The van der Waals surface area contributed by atoms with Crippen LogP contribution in [0.25, 0.3) is 0 Å². The normalized spacial score (nSPS) is 10.8. The number of unbranched alkanes of at least 4 members (excludes halogenated alkanes) is 4. The first-order valence-electron chi connectivity index (χ1n) is 7.64. The van der Waals surface area contributed by atoms with Crippen molar-refractivity contribution in [1.29, 1.82) is 0 Å². The van der Waals surface area contributed by atoms with Crippen LogP contribution in [0, 0.1) is 0 Å². The van der Waals surface area contributed by atoms with E-state index < -0.39 is 11.9 Å². The van der Waals surface area contributed by atoms with Crippen molar-refractivity contribution in [2.75, 3.05) is 0 Å². The highest BCUT2D eigenvalue weighted by Gasteiger charge is 2.27. The Bertz CT molecular complexity index is 445. The minimum atomic E-state index is -1.19. The molecule has 0 aliphatic heterocycles. The quantitative estimate of drug-likeness (QED) is 0.633. The average molecular weight is 296 g/mol. The lowest BCUT2D eigenvalue weighted by atomic mass is 9.97. The van der Waals surface area contributed by atoms with Crippen molar-refractivity contribution in [3.05, 3.63) is 22.6 Å². The molecular formula is C16H24O5. The van der Waals surface area contributed by atoms with Gasteiger partial charge in [0.25, 0.3) is 0 Å². The van der Waals surface area contributed by atoms with E-state index in [-0.39, 0.29) is 11.5 Å². The van der Waals surface area contributed by atoms with Gasteiger partial charge in [-0.1, -0.05) is 39.5 Å². The van der Waals surface area contributed by atoms with Gasteiger partial charge in [0.05, 0.1) is 0 Å². The summed E-state index contributed by atoms with van der Waals surface area (Å²) in [7, 11) is 0. The van der Waals surface area contributed by atoms with E-state index in [9.17, 15) is 19.8 Å². The van der Waals surface area contributed by atoms with Crippen molar-refractivity contribution in [3.63, 3.8) is 0 Å². The lowest BCUT2D eigenvalue weighted by molar-refractivity contribution is 0.0630. The first-order chi connectivity index (χ1) is 10.0. The Labute approximate surface area is 125 Å². The largest absolute Gasteiger partial charge is 0.475 e. The highest BCUT2D eigenvalue weighted by Crippen LogP contribution is 2.27. The monoisotopic (exact) mass is 296 g/mol. The van der Waals surface area contributed by atoms with E-state index in [0.29, 0.717) is 24.0 Å². The molecule has 0 saturated carbocycles. The van der Waals surface area contributed by atoms with Gasteiger partial charge in [-0.3, -0.25) is 0 Å². The summed E-state index contributed by atoms with van der Waals surface area (Å²) in [5, 5.41) is 18.5. The molecule has 5 heteroatoms. The van der Waals surface area contributed by atoms with E-state index in [1.165, 1.54) is 0 Å². The summed E-state index contributed by atoms with van der Waals surface area (Å²) in [5.74, 6) is -2.78. The molecular weight excluding hydrogens is 272 g/mol. The molecule has 0 spiro atoms. The molecule has 0 unspecified atom stereocenters. The maximum Gasteiger partial charge on any atom is 0.372 e. The molecule has 1 aromatic rings. The van der Waals surface area contributed by atoms with Gasteiger partial charge in [-0.25, -0.2) is 9.59 Å². The van der Waals surface area contributed by atoms with E-state index in [1.54, 1.807) is 0 Å². The highest BCUT2D eigenvalue weighted by atomic mass is 16.4. The third-order valence-corrected chi connectivity index (χ3v) is 3.57. The van der Waals surface area contributed by atoms with Gasteiger partial charge in [-0.2, -0.15) is 0 Å². The number of carboxylic acids is 2. The Hall–Kier alpha value is -1.78. The van der Waals surface area contributed by atoms with Crippen molar-refractivity contribution >= 4 is 11.9 Å². The minimum absolute atomic E-state index is 0.199. The lowest BCUT2D eigenvalue weighted by Crippen LogP contribution is -2.03. The van der Waals surface area contributed by atoms with Crippen molar-refractivity contribution < 1.29 is 24.2 Å². The zero-order chi connectivity index (χ0) is 15.8. The van der Waals surface area contributed by atoms with Crippen LogP contribution in [0.1, 0.15) is 84.6 Å². The molecule has 5 nitrogen and oxygen atoms in total. The Morgan fingerprint density at radius 3 is 1.48 bits per heavy atom. The van der Waals surface area contributed by atoms with Crippen LogP contribution in [0.5, 0.6) is 0 Å². The minimum Gasteiger partial charge on any atom is -0.475 e. The van der Waals surface area contributed by atoms with E-state index in [1.807, 2.05) is 0 Å². The lowest BCUT2D eigenvalue weighted by Gasteiger charge is -2.05. The Balaban J connectivity index is 3.11. The topological polar surface area (TPSA) is 87.7 Å². The number of carbonyl (C=O) groups is 2. The van der Waals surface area contributed by atoms with Gasteiger partial charge >= 0.3 is 11.9 Å². The first-order valence-corrected chi connectivity index (χ1v) is 7.64. The molecule has 1 aromatic heterocycles. The van der Waals surface area contributed by atoms with Crippen molar-refractivity contribution in [3.8, 4) is 0 Å². The van der Waals surface area contributed by atoms with Crippen LogP contribution in [0.3, 0.4) is 0 Å². The van der Waals surface area contributed by atoms with E-state index in [4.69, 9.17) is 4.42 Å². The smallest absolute Gasteiger partial charge is 0.372 e. The Kier molecular flexibility index (Phi) is 6.99. The molecule has 21 heavy (non-hydrogen) atoms. The second-order valence-electron chi connectivity index (χ2n) is 5.24. The van der Waals surface area contributed by atoms with Gasteiger partial charge < -0.3 is 14.6 Å². The zero-order valence-electron chi connectivity index (χ0n) is 12.8. The van der Waals surface area contributed by atoms with E-state index in [0.717, 1.165) is 38.5 Å². The van der Waals surface area contributed by atoms with Crippen molar-refractivity contribution in [2.45, 2.75) is 65.2 Å². The zero-order valence-corrected chi connectivity index (χ0v) is 12.8. The summed E-state index contributed by atoms with van der Waals surface area (Å²) >= 11 is 0. The molecule has 0 fully saturated rings. The van der Waals surface area contributed by atoms with Crippen LogP contribution >= 0.6 is 0 Å². The summed E-state index contributed by atoms with van der Waals surface area (Å²) in [6, 6.07) is 0. The summed E-state index contributed by atoms with van der Waals surface area (Å²) in [6.45, 7) is 4.14. The van der Waals surface area contributed by atoms with E-state index in [2.05, 4.69) is 13.8 Å². The maximum absolute atomic E-state index is 11.3. The molecule has 0 aliphatic rings. The standard InChI is InChI=1S/C16H24O5/c1-3-5-7-9-11-12(10-8-6-4-2)14(16(19)20)21-13(11)15(17)18/h3-10H2,1-2H3,(H,17,18)(H,19,20). The molecule has 1 rings (SSSR count). The molecule has 2 N–H and O–H groups in total. The predicted octanol–water partition coefficient (Wildman–Crippen LogP) is 4.14. The van der Waals surface area contributed by atoms with Gasteiger partial charge in [-0.05, 0) is 25.7 Å². The number of hydrogen-bond donors (Lipinski definition) is 2. The van der Waals surface area contributed by atoms with Crippen LogP contribution in [0.4, 0.5) is 0 Å². The highest BCUT2D eigenvalue weighted by molar-refractivity contribution is 5.92. The Morgan fingerprint density at radius 2 is 1.19 bits per heavy atom. The fraction of sp³-hybridized carbons (Fsp3) is 0.625. The molecule has 0 aromatic carbocycles. The van der Waals surface area contributed by atoms with Crippen LogP contribution in [0.2, 0.25) is 0 Å². The van der Waals surface area contributed by atoms with Gasteiger partial charge in [0.2, 0.25) is 11.5 Å². The summed E-state index contributed by atoms with van der Waals surface area (Å²) in [4.78, 5) is 22.6. The number of hydrogen-bond acceptors (Lipinski definition) is 3.